The predicted octanol–water partition coefficient (Wildman–Crippen LogP) is 3.48. The zero-order valence-corrected chi connectivity index (χ0v) is 12.1. The Balaban J connectivity index is 2.37. The Kier molecular flexibility index (Phi) is 5.86. The lowest BCUT2D eigenvalue weighted by molar-refractivity contribution is -0.152. The normalized spacial score (nSPS) is 25.4. The molecule has 0 spiro atoms. The van der Waals surface area contributed by atoms with Gasteiger partial charge < -0.3 is 9.47 Å². The topological polar surface area (TPSA) is 35.5 Å². The molecule has 1 aliphatic rings. The smallest absolute Gasteiger partial charge is 0.311 e. The van der Waals surface area contributed by atoms with E-state index in [1.165, 1.54) is 12.7 Å². The highest BCUT2D eigenvalue weighted by Crippen LogP contribution is 2.37. The summed E-state index contributed by atoms with van der Waals surface area (Å²) in [5, 5.41) is 0. The van der Waals surface area contributed by atoms with Gasteiger partial charge in [-0.1, -0.05) is 11.6 Å². The Morgan fingerprint density at radius 2 is 2.22 bits per heavy atom. The monoisotopic (exact) mass is 254 g/mol. The molecule has 0 bridgehead atoms. The zero-order chi connectivity index (χ0) is 13.6. The second-order valence-electron chi connectivity index (χ2n) is 5.56. The van der Waals surface area contributed by atoms with E-state index in [1.807, 2.05) is 6.92 Å². The molecule has 2 unspecified atom stereocenters. The van der Waals surface area contributed by atoms with Gasteiger partial charge in [0.2, 0.25) is 0 Å². The van der Waals surface area contributed by atoms with Gasteiger partial charge in [-0.3, -0.25) is 4.79 Å². The van der Waals surface area contributed by atoms with Gasteiger partial charge in [0.05, 0.1) is 18.6 Å². The van der Waals surface area contributed by atoms with Crippen molar-refractivity contribution in [2.24, 2.45) is 5.41 Å². The number of hydrogen-bond acceptors (Lipinski definition) is 3. The molecule has 0 amide bonds. The molecule has 0 saturated carbocycles. The van der Waals surface area contributed by atoms with Crippen molar-refractivity contribution in [2.75, 3.05) is 14.2 Å². The molecule has 0 aromatic rings. The number of ether oxygens (including phenoxy) is 2. The molecule has 3 heteroatoms. The maximum absolute atomic E-state index is 11.7. The minimum Gasteiger partial charge on any atom is -0.469 e. The molecular weight excluding hydrogens is 228 g/mol. The zero-order valence-electron chi connectivity index (χ0n) is 12.1. The summed E-state index contributed by atoms with van der Waals surface area (Å²) in [7, 11) is 3.23. The first-order valence-corrected chi connectivity index (χ1v) is 6.81. The van der Waals surface area contributed by atoms with Crippen LogP contribution in [-0.4, -0.2) is 26.3 Å². The minimum atomic E-state index is -0.307. The molecule has 0 N–H and O–H groups in total. The van der Waals surface area contributed by atoms with Crippen molar-refractivity contribution in [2.45, 2.75) is 58.5 Å². The summed E-state index contributed by atoms with van der Waals surface area (Å²) in [5.74, 6) is -0.0780. The first-order valence-electron chi connectivity index (χ1n) is 6.81. The summed E-state index contributed by atoms with van der Waals surface area (Å²) in [6.07, 6.45) is 8.71. The molecule has 0 fully saturated rings. The van der Waals surface area contributed by atoms with Crippen LogP contribution in [0.5, 0.6) is 0 Å². The molecule has 2 atom stereocenters. The fourth-order valence-electron chi connectivity index (χ4n) is 2.40. The van der Waals surface area contributed by atoms with Gasteiger partial charge in [0.1, 0.15) is 0 Å². The maximum atomic E-state index is 11.7. The van der Waals surface area contributed by atoms with Crippen LogP contribution in [0.25, 0.3) is 0 Å². The highest BCUT2D eigenvalue weighted by molar-refractivity contribution is 5.76. The van der Waals surface area contributed by atoms with E-state index in [0.717, 1.165) is 38.5 Å². The van der Waals surface area contributed by atoms with Gasteiger partial charge in [-0.05, 0) is 52.4 Å². The summed E-state index contributed by atoms with van der Waals surface area (Å²) in [6, 6.07) is 0. The van der Waals surface area contributed by atoms with Crippen LogP contribution in [0.1, 0.15) is 52.4 Å². The van der Waals surface area contributed by atoms with E-state index in [4.69, 9.17) is 9.47 Å². The number of methoxy groups -OCH3 is 2. The average molecular weight is 254 g/mol. The van der Waals surface area contributed by atoms with E-state index >= 15 is 0 Å². The van der Waals surface area contributed by atoms with Gasteiger partial charge in [0.15, 0.2) is 0 Å². The van der Waals surface area contributed by atoms with Crippen molar-refractivity contribution in [1.82, 2.24) is 0 Å². The van der Waals surface area contributed by atoms with E-state index < -0.39 is 0 Å². The molecule has 0 aromatic heterocycles. The van der Waals surface area contributed by atoms with Crippen molar-refractivity contribution >= 4 is 5.97 Å². The molecule has 3 nitrogen and oxygen atoms in total. The predicted molar refractivity (Wildman–Crippen MR) is 72.4 cm³/mol. The van der Waals surface area contributed by atoms with E-state index in [1.54, 1.807) is 7.11 Å². The molecule has 0 saturated heterocycles. The summed E-state index contributed by atoms with van der Waals surface area (Å²) >= 11 is 0. The standard InChI is InChI=1S/C15H26O3/c1-12(17-3)6-5-7-13-8-10-15(2,11-9-13)14(16)18-4/h8,12H,5-7,9-11H2,1-4H3. The van der Waals surface area contributed by atoms with Gasteiger partial charge >= 0.3 is 5.97 Å². The Bertz CT molecular complexity index is 309. The van der Waals surface area contributed by atoms with E-state index in [-0.39, 0.29) is 11.4 Å². The Morgan fingerprint density at radius 3 is 2.72 bits per heavy atom. The quantitative estimate of drug-likeness (QED) is 0.537. The molecular formula is C15H26O3. The van der Waals surface area contributed by atoms with Crippen LogP contribution in [0.2, 0.25) is 0 Å². The van der Waals surface area contributed by atoms with Crippen molar-refractivity contribution in [3.63, 3.8) is 0 Å². The third-order valence-electron chi connectivity index (χ3n) is 4.03. The molecule has 0 aliphatic heterocycles. The largest absolute Gasteiger partial charge is 0.469 e. The van der Waals surface area contributed by atoms with Gasteiger partial charge in [-0.25, -0.2) is 0 Å². The van der Waals surface area contributed by atoms with Crippen LogP contribution in [-0.2, 0) is 14.3 Å². The highest BCUT2D eigenvalue weighted by atomic mass is 16.5. The third-order valence-corrected chi connectivity index (χ3v) is 4.03. The Morgan fingerprint density at radius 1 is 1.50 bits per heavy atom. The van der Waals surface area contributed by atoms with E-state index in [9.17, 15) is 4.79 Å². The molecule has 18 heavy (non-hydrogen) atoms. The first kappa shape index (κ1) is 15.2. The second-order valence-corrected chi connectivity index (χ2v) is 5.56. The number of carbonyl (C=O) groups excluding carboxylic acids is 1. The van der Waals surface area contributed by atoms with Gasteiger partial charge in [0.25, 0.3) is 0 Å². The fourth-order valence-corrected chi connectivity index (χ4v) is 2.40. The summed E-state index contributed by atoms with van der Waals surface area (Å²) in [6.45, 7) is 4.10. The lowest BCUT2D eigenvalue weighted by Crippen LogP contribution is -2.30. The lowest BCUT2D eigenvalue weighted by Gasteiger charge is -2.30. The highest BCUT2D eigenvalue weighted by Gasteiger charge is 2.35. The van der Waals surface area contributed by atoms with Crippen LogP contribution in [0.4, 0.5) is 0 Å². The SMILES string of the molecule is COC(=O)C1(C)CC=C(CCCC(C)OC)CC1. The number of carbonyl (C=O) groups is 1. The average Bonchev–Trinajstić information content (AvgIpc) is 2.39. The van der Waals surface area contributed by atoms with Crippen molar-refractivity contribution in [1.29, 1.82) is 0 Å². The summed E-state index contributed by atoms with van der Waals surface area (Å²) in [4.78, 5) is 11.7. The number of rotatable bonds is 6. The molecule has 104 valence electrons. The van der Waals surface area contributed by atoms with Gasteiger partial charge in [-0.15, -0.1) is 0 Å². The third kappa shape index (κ3) is 4.13. The van der Waals surface area contributed by atoms with E-state index in [2.05, 4.69) is 13.0 Å². The van der Waals surface area contributed by atoms with Crippen LogP contribution >= 0.6 is 0 Å². The van der Waals surface area contributed by atoms with Crippen LogP contribution in [0.3, 0.4) is 0 Å². The van der Waals surface area contributed by atoms with Crippen molar-refractivity contribution in [3.8, 4) is 0 Å². The molecule has 0 aromatic carbocycles. The maximum Gasteiger partial charge on any atom is 0.311 e. The molecule has 1 aliphatic carbocycles. The molecule has 0 heterocycles. The summed E-state index contributed by atoms with van der Waals surface area (Å²) < 4.78 is 10.1. The van der Waals surface area contributed by atoms with Crippen molar-refractivity contribution < 1.29 is 14.3 Å². The first-order chi connectivity index (χ1) is 8.51. The molecule has 1 rings (SSSR count). The van der Waals surface area contributed by atoms with E-state index in [0.29, 0.717) is 6.10 Å². The lowest BCUT2D eigenvalue weighted by atomic mass is 9.76. The Labute approximate surface area is 111 Å². The molecule has 0 radical (unpaired) electrons. The van der Waals surface area contributed by atoms with Crippen LogP contribution < -0.4 is 0 Å². The number of hydrogen-bond donors (Lipinski definition) is 0. The van der Waals surface area contributed by atoms with Crippen LogP contribution in [0.15, 0.2) is 11.6 Å². The number of allylic oxidation sites excluding steroid dienone is 2. The van der Waals surface area contributed by atoms with Gasteiger partial charge in [-0.2, -0.15) is 0 Å². The minimum absolute atomic E-state index is 0.0780. The second kappa shape index (κ2) is 6.93. The van der Waals surface area contributed by atoms with Gasteiger partial charge in [0, 0.05) is 7.11 Å². The Hall–Kier alpha value is -0.830. The van der Waals surface area contributed by atoms with Crippen LogP contribution in [0, 0.1) is 5.41 Å². The number of esters is 1. The van der Waals surface area contributed by atoms with Crippen molar-refractivity contribution in [3.05, 3.63) is 11.6 Å². The fraction of sp³-hybridized carbons (Fsp3) is 0.800. The summed E-state index contributed by atoms with van der Waals surface area (Å²) in [5.41, 5.74) is 1.18.